The number of benzene rings is 1. The van der Waals surface area contributed by atoms with E-state index < -0.39 is 0 Å². The van der Waals surface area contributed by atoms with Gasteiger partial charge in [0.25, 0.3) is 0 Å². The summed E-state index contributed by atoms with van der Waals surface area (Å²) in [4.78, 5) is 23.9. The molecule has 2 fully saturated rings. The second-order valence-corrected chi connectivity index (χ2v) is 8.13. The third-order valence-corrected chi connectivity index (χ3v) is 5.92. The van der Waals surface area contributed by atoms with Crippen LogP contribution in [0.25, 0.3) is 0 Å². The lowest BCUT2D eigenvalue weighted by atomic mass is 10.1. The minimum absolute atomic E-state index is 0. The van der Waals surface area contributed by atoms with E-state index in [2.05, 4.69) is 37.3 Å². The monoisotopic (exact) mass is 567 g/mol. The van der Waals surface area contributed by atoms with Gasteiger partial charge in [-0.05, 0) is 19.1 Å². The molecule has 9 nitrogen and oxygen atoms in total. The Bertz CT molecular complexity index is 913. The summed E-state index contributed by atoms with van der Waals surface area (Å²) in [5.41, 5.74) is 2.27. The molecule has 1 atom stereocenters. The average Bonchev–Trinajstić information content (AvgIpc) is 3.28. The number of amides is 1. The molecule has 0 radical (unpaired) electrons. The number of anilines is 1. The molecule has 0 spiro atoms. The van der Waals surface area contributed by atoms with E-state index in [1.807, 2.05) is 49.5 Å². The number of aliphatic imine (C=N–C) groups is 1. The van der Waals surface area contributed by atoms with Gasteiger partial charge in [-0.15, -0.1) is 24.0 Å². The molecule has 1 N–H and O–H groups in total. The van der Waals surface area contributed by atoms with Gasteiger partial charge in [-0.25, -0.2) is 4.99 Å². The summed E-state index contributed by atoms with van der Waals surface area (Å²) >= 11 is 0. The maximum atomic E-state index is 12.8. The Hall–Kier alpha value is -2.34. The van der Waals surface area contributed by atoms with E-state index in [9.17, 15) is 4.79 Å². The molecule has 33 heavy (non-hydrogen) atoms. The topological polar surface area (TPSA) is 78.2 Å². The molecule has 1 aromatic heterocycles. The number of rotatable bonds is 5. The summed E-state index contributed by atoms with van der Waals surface area (Å²) in [5, 5.41) is 7.59. The Kier molecular flexibility index (Phi) is 9.36. The predicted octanol–water partition coefficient (Wildman–Crippen LogP) is 1.73. The van der Waals surface area contributed by atoms with Crippen molar-refractivity contribution in [3.8, 4) is 0 Å². The smallest absolute Gasteiger partial charge is 0.244 e. The Morgan fingerprint density at radius 2 is 1.91 bits per heavy atom. The fraction of sp³-hybridized carbons (Fsp3) is 0.522. The van der Waals surface area contributed by atoms with Crippen molar-refractivity contribution in [2.75, 3.05) is 63.9 Å². The van der Waals surface area contributed by atoms with Gasteiger partial charge in [0, 0.05) is 63.8 Å². The number of halogens is 1. The molecule has 2 saturated heterocycles. The highest BCUT2D eigenvalue weighted by Crippen LogP contribution is 2.21. The highest BCUT2D eigenvalue weighted by atomic mass is 127. The highest BCUT2D eigenvalue weighted by Gasteiger charge is 2.26. The largest absolute Gasteiger partial charge is 0.370 e. The lowest BCUT2D eigenvalue weighted by molar-refractivity contribution is -0.129. The van der Waals surface area contributed by atoms with E-state index in [0.29, 0.717) is 13.2 Å². The number of hydrogen-bond donors (Lipinski definition) is 1. The number of hydrogen-bond acceptors (Lipinski definition) is 5. The fourth-order valence-corrected chi connectivity index (χ4v) is 4.17. The SMILES string of the molecule is CCNC(=NCC(=O)N1CCN(c2ccccc2)CC1)N1CCOC(c2cnn(C)c2)C1.I. The lowest BCUT2D eigenvalue weighted by Gasteiger charge is -2.36. The first-order valence-electron chi connectivity index (χ1n) is 11.3. The molecule has 1 unspecified atom stereocenters. The van der Waals surface area contributed by atoms with Crippen LogP contribution >= 0.6 is 24.0 Å². The van der Waals surface area contributed by atoms with Gasteiger partial charge < -0.3 is 24.8 Å². The number of aromatic nitrogens is 2. The third kappa shape index (κ3) is 6.59. The zero-order valence-corrected chi connectivity index (χ0v) is 21.7. The van der Waals surface area contributed by atoms with Crippen molar-refractivity contribution in [3.05, 3.63) is 48.3 Å². The minimum Gasteiger partial charge on any atom is -0.370 e. The number of ether oxygens (including phenoxy) is 1. The molecular formula is C23H34IN7O2. The number of morpholine rings is 1. The maximum absolute atomic E-state index is 12.8. The van der Waals surface area contributed by atoms with Crippen molar-refractivity contribution in [2.45, 2.75) is 13.0 Å². The van der Waals surface area contributed by atoms with Crippen LogP contribution in [0.2, 0.25) is 0 Å². The van der Waals surface area contributed by atoms with E-state index in [4.69, 9.17) is 4.74 Å². The van der Waals surface area contributed by atoms with Crippen LogP contribution < -0.4 is 10.2 Å². The zero-order chi connectivity index (χ0) is 22.3. The molecule has 180 valence electrons. The van der Waals surface area contributed by atoms with Crippen molar-refractivity contribution in [2.24, 2.45) is 12.0 Å². The van der Waals surface area contributed by atoms with Gasteiger partial charge in [0.15, 0.2) is 5.96 Å². The minimum atomic E-state index is -0.0527. The van der Waals surface area contributed by atoms with Gasteiger partial charge in [0.1, 0.15) is 12.6 Å². The van der Waals surface area contributed by atoms with Crippen molar-refractivity contribution in [1.29, 1.82) is 0 Å². The summed E-state index contributed by atoms with van der Waals surface area (Å²) in [6, 6.07) is 10.4. The van der Waals surface area contributed by atoms with Crippen molar-refractivity contribution in [1.82, 2.24) is 24.9 Å². The molecule has 0 aliphatic carbocycles. The van der Waals surface area contributed by atoms with Crippen LogP contribution in [0.4, 0.5) is 5.69 Å². The second-order valence-electron chi connectivity index (χ2n) is 8.13. The quantitative estimate of drug-likeness (QED) is 0.337. The summed E-state index contributed by atoms with van der Waals surface area (Å²) < 4.78 is 7.73. The van der Waals surface area contributed by atoms with E-state index in [0.717, 1.165) is 50.8 Å². The summed E-state index contributed by atoms with van der Waals surface area (Å²) in [6.45, 7) is 8.11. The van der Waals surface area contributed by atoms with Crippen molar-refractivity contribution >= 4 is 41.5 Å². The van der Waals surface area contributed by atoms with Crippen LogP contribution in [0.1, 0.15) is 18.6 Å². The molecular weight excluding hydrogens is 533 g/mol. The Labute approximate surface area is 212 Å². The van der Waals surface area contributed by atoms with Gasteiger partial charge in [0.2, 0.25) is 5.91 Å². The van der Waals surface area contributed by atoms with E-state index in [1.165, 1.54) is 5.69 Å². The van der Waals surface area contributed by atoms with E-state index in [-0.39, 0.29) is 42.5 Å². The van der Waals surface area contributed by atoms with Crippen LogP contribution in [-0.2, 0) is 16.6 Å². The fourth-order valence-electron chi connectivity index (χ4n) is 4.17. The van der Waals surface area contributed by atoms with Crippen LogP contribution in [-0.4, -0.2) is 90.4 Å². The van der Waals surface area contributed by atoms with E-state index in [1.54, 1.807) is 4.68 Å². The number of carbonyl (C=O) groups is 1. The number of piperazine rings is 1. The van der Waals surface area contributed by atoms with Crippen LogP contribution in [0.5, 0.6) is 0 Å². The number of nitrogens with one attached hydrogen (secondary N) is 1. The summed E-state index contributed by atoms with van der Waals surface area (Å²) in [5.74, 6) is 0.839. The lowest BCUT2D eigenvalue weighted by Crippen LogP contribution is -2.50. The average molecular weight is 567 g/mol. The zero-order valence-electron chi connectivity index (χ0n) is 19.4. The molecule has 1 aromatic carbocycles. The Morgan fingerprint density at radius 3 is 2.58 bits per heavy atom. The van der Waals surface area contributed by atoms with Gasteiger partial charge in [0.05, 0.1) is 19.3 Å². The normalized spacial score (nSPS) is 19.3. The number of carbonyl (C=O) groups excluding carboxylic acids is 1. The van der Waals surface area contributed by atoms with Crippen LogP contribution in [0.15, 0.2) is 47.7 Å². The number of guanidine groups is 1. The van der Waals surface area contributed by atoms with Gasteiger partial charge in [-0.1, -0.05) is 18.2 Å². The van der Waals surface area contributed by atoms with Crippen LogP contribution in [0, 0.1) is 0 Å². The number of aryl methyl sites for hydroxylation is 1. The summed E-state index contributed by atoms with van der Waals surface area (Å²) in [7, 11) is 1.90. The molecule has 2 aliphatic rings. The van der Waals surface area contributed by atoms with Gasteiger partial charge >= 0.3 is 0 Å². The molecule has 3 heterocycles. The molecule has 2 aliphatic heterocycles. The number of nitrogens with zero attached hydrogens (tertiary/aromatic N) is 6. The Morgan fingerprint density at radius 1 is 1.15 bits per heavy atom. The number of para-hydroxylation sites is 1. The Balaban J connectivity index is 0.00000306. The van der Waals surface area contributed by atoms with Crippen molar-refractivity contribution in [3.63, 3.8) is 0 Å². The first-order chi connectivity index (χ1) is 15.6. The predicted molar refractivity (Wildman–Crippen MR) is 140 cm³/mol. The molecule has 0 saturated carbocycles. The highest BCUT2D eigenvalue weighted by molar-refractivity contribution is 14.0. The van der Waals surface area contributed by atoms with E-state index >= 15 is 0 Å². The molecule has 1 amide bonds. The first-order valence-corrected chi connectivity index (χ1v) is 11.3. The molecule has 10 heteroatoms. The third-order valence-electron chi connectivity index (χ3n) is 5.92. The molecule has 2 aromatic rings. The van der Waals surface area contributed by atoms with Crippen molar-refractivity contribution < 1.29 is 9.53 Å². The standard InChI is InChI=1S/C23H33N7O2.HI/c1-3-24-23(30-13-14-32-21(18-30)19-15-26-27(2)17-19)25-16-22(31)29-11-9-28(10-12-29)20-7-5-4-6-8-20;/h4-8,15,17,21H,3,9-14,16,18H2,1-2H3,(H,24,25);1H. The second kappa shape index (κ2) is 12.2. The van der Waals surface area contributed by atoms with Gasteiger partial charge in [-0.2, -0.15) is 5.10 Å². The maximum Gasteiger partial charge on any atom is 0.244 e. The van der Waals surface area contributed by atoms with Gasteiger partial charge in [-0.3, -0.25) is 9.48 Å². The first kappa shape index (κ1) is 25.3. The summed E-state index contributed by atoms with van der Waals surface area (Å²) in [6.07, 6.45) is 3.77. The molecule has 4 rings (SSSR count). The molecule has 0 bridgehead atoms. The van der Waals surface area contributed by atoms with Crippen LogP contribution in [0.3, 0.4) is 0 Å².